The van der Waals surface area contributed by atoms with E-state index in [9.17, 15) is 14.2 Å². The molecule has 11 heteroatoms. The van der Waals surface area contributed by atoms with Crippen LogP contribution < -0.4 is 16.2 Å². The average molecular weight is 318 g/mol. The summed E-state index contributed by atoms with van der Waals surface area (Å²) < 4.78 is 12.0. The monoisotopic (exact) mass is 318 g/mol. The van der Waals surface area contributed by atoms with E-state index in [0.717, 1.165) is 11.3 Å². The van der Waals surface area contributed by atoms with Crippen molar-refractivity contribution in [2.24, 2.45) is 0 Å². The molecule has 20 heavy (non-hydrogen) atoms. The topological polar surface area (TPSA) is 151 Å². The molecule has 0 radical (unpaired) electrons. The highest BCUT2D eigenvalue weighted by Crippen LogP contribution is 2.33. The van der Waals surface area contributed by atoms with Crippen LogP contribution in [0.5, 0.6) is 0 Å². The quantitative estimate of drug-likeness (QED) is 0.436. The van der Waals surface area contributed by atoms with Crippen LogP contribution in [0.15, 0.2) is 21.7 Å². The van der Waals surface area contributed by atoms with Gasteiger partial charge in [-0.1, -0.05) is 23.5 Å². The van der Waals surface area contributed by atoms with Crippen molar-refractivity contribution in [3.05, 3.63) is 32.2 Å². The number of anilines is 1. The molecular formula is C9H11N4O5PS. The Kier molecular flexibility index (Phi) is 3.91. The van der Waals surface area contributed by atoms with Crippen LogP contribution in [-0.2, 0) is 11.1 Å². The number of nitrogens with one attached hydrogen (secondary N) is 1. The summed E-state index contributed by atoms with van der Waals surface area (Å²) in [7, 11) is -4.11. The predicted molar refractivity (Wildman–Crippen MR) is 75.0 cm³/mol. The molecular weight excluding hydrogens is 307 g/mol. The first-order valence-corrected chi connectivity index (χ1v) is 7.98. The van der Waals surface area contributed by atoms with E-state index in [2.05, 4.69) is 9.97 Å². The van der Waals surface area contributed by atoms with Gasteiger partial charge in [0.15, 0.2) is 5.65 Å². The summed E-state index contributed by atoms with van der Waals surface area (Å²) in [6.07, 6.45) is 2.28. The van der Waals surface area contributed by atoms with Gasteiger partial charge in [0.1, 0.15) is 4.70 Å². The Morgan fingerprint density at radius 1 is 1.40 bits per heavy atom. The van der Waals surface area contributed by atoms with Crippen molar-refractivity contribution in [2.75, 3.05) is 11.9 Å². The molecule has 2 heterocycles. The van der Waals surface area contributed by atoms with Gasteiger partial charge >= 0.3 is 12.5 Å². The SMILES string of the molecule is Nc1nc2c(sc(=O)n2C/C=C\CP(=O)(O)O)c(=O)[nH]1. The van der Waals surface area contributed by atoms with Gasteiger partial charge in [-0.25, -0.2) is 0 Å². The second-order valence-corrected chi connectivity index (χ2v) is 6.56. The molecule has 0 bridgehead atoms. The van der Waals surface area contributed by atoms with Gasteiger partial charge in [0.05, 0.1) is 6.16 Å². The van der Waals surface area contributed by atoms with Crippen LogP contribution in [0.1, 0.15) is 0 Å². The van der Waals surface area contributed by atoms with Gasteiger partial charge in [0, 0.05) is 6.54 Å². The van der Waals surface area contributed by atoms with Gasteiger partial charge in [0.2, 0.25) is 5.95 Å². The van der Waals surface area contributed by atoms with Crippen LogP contribution in [0.2, 0.25) is 0 Å². The van der Waals surface area contributed by atoms with Crippen molar-refractivity contribution in [1.82, 2.24) is 14.5 Å². The summed E-state index contributed by atoms with van der Waals surface area (Å²) >= 11 is 0.736. The molecule has 0 amide bonds. The maximum absolute atomic E-state index is 11.8. The van der Waals surface area contributed by atoms with E-state index in [4.69, 9.17) is 15.5 Å². The Hall–Kier alpha value is -1.74. The molecule has 0 aliphatic rings. The Labute approximate surface area is 115 Å². The number of nitrogens with zero attached hydrogens (tertiary/aromatic N) is 2. The highest BCUT2D eigenvalue weighted by molar-refractivity contribution is 7.51. The smallest absolute Gasteiger partial charge is 0.329 e. The van der Waals surface area contributed by atoms with E-state index in [1.165, 1.54) is 16.7 Å². The summed E-state index contributed by atoms with van der Waals surface area (Å²) in [6.45, 7) is 0.0503. The third-order valence-corrected chi connectivity index (χ3v) is 3.99. The molecule has 0 spiro atoms. The molecule has 0 aliphatic carbocycles. The number of rotatable bonds is 4. The minimum Gasteiger partial charge on any atom is -0.369 e. The summed E-state index contributed by atoms with van der Waals surface area (Å²) in [5.74, 6) is -0.103. The molecule has 0 aliphatic heterocycles. The molecule has 0 fully saturated rings. The molecule has 2 rings (SSSR count). The third-order valence-electron chi connectivity index (χ3n) is 2.34. The fraction of sp³-hybridized carbons (Fsp3) is 0.222. The van der Waals surface area contributed by atoms with Gasteiger partial charge in [-0.2, -0.15) is 4.98 Å². The normalized spacial score (nSPS) is 12.5. The number of allylic oxidation sites excluding steroid dienone is 2. The lowest BCUT2D eigenvalue weighted by atomic mass is 10.5. The van der Waals surface area contributed by atoms with Crippen LogP contribution in [-0.4, -0.2) is 30.5 Å². The lowest BCUT2D eigenvalue weighted by molar-refractivity contribution is 0.377. The molecule has 5 N–H and O–H groups in total. The number of nitrogen functional groups attached to an aromatic ring is 1. The number of aromatic nitrogens is 3. The van der Waals surface area contributed by atoms with E-state index in [1.54, 1.807) is 0 Å². The van der Waals surface area contributed by atoms with Crippen molar-refractivity contribution < 1.29 is 14.4 Å². The first-order valence-electron chi connectivity index (χ1n) is 5.36. The minimum absolute atomic E-state index is 0.0503. The summed E-state index contributed by atoms with van der Waals surface area (Å²) in [4.78, 5) is 46.5. The van der Waals surface area contributed by atoms with Gasteiger partial charge in [-0.15, -0.1) is 0 Å². The van der Waals surface area contributed by atoms with Crippen molar-refractivity contribution in [3.8, 4) is 0 Å². The largest absolute Gasteiger partial charge is 0.369 e. The Morgan fingerprint density at radius 3 is 2.75 bits per heavy atom. The van der Waals surface area contributed by atoms with Crippen LogP contribution in [0, 0.1) is 0 Å². The first-order chi connectivity index (χ1) is 9.28. The fourth-order valence-corrected chi connectivity index (χ4v) is 2.78. The molecule has 108 valence electrons. The number of fused-ring (bicyclic) bond motifs is 1. The van der Waals surface area contributed by atoms with Gasteiger partial charge in [-0.05, 0) is 0 Å². The second kappa shape index (κ2) is 5.33. The van der Waals surface area contributed by atoms with E-state index < -0.39 is 24.2 Å². The molecule has 0 aromatic carbocycles. The van der Waals surface area contributed by atoms with Crippen molar-refractivity contribution in [3.63, 3.8) is 0 Å². The molecule has 0 atom stereocenters. The maximum atomic E-state index is 11.8. The van der Waals surface area contributed by atoms with Crippen LogP contribution in [0.4, 0.5) is 5.95 Å². The summed E-state index contributed by atoms with van der Waals surface area (Å²) in [6, 6.07) is 0. The maximum Gasteiger partial charge on any atom is 0.329 e. The standard InChI is InChI=1S/C9H11N4O5PS/c10-8-11-6-5(7(14)12-8)20-9(15)13(6)3-1-2-4-19(16,17)18/h1-2H,3-4H2,(H2,16,17,18)(H3,10,11,12,14)/b2-1-. The average Bonchev–Trinajstić information content (AvgIpc) is 2.61. The summed E-state index contributed by atoms with van der Waals surface area (Å²) in [5, 5.41) is 0. The molecule has 0 saturated carbocycles. The number of thiazole rings is 1. The molecule has 9 nitrogen and oxygen atoms in total. The van der Waals surface area contributed by atoms with Gasteiger partial charge in [-0.3, -0.25) is 23.7 Å². The Balaban J connectivity index is 2.36. The first kappa shape index (κ1) is 14.7. The van der Waals surface area contributed by atoms with Crippen molar-refractivity contribution in [1.29, 1.82) is 0 Å². The van der Waals surface area contributed by atoms with E-state index >= 15 is 0 Å². The zero-order valence-electron chi connectivity index (χ0n) is 10.0. The Morgan fingerprint density at radius 2 is 2.10 bits per heavy atom. The molecule has 2 aromatic heterocycles. The fourth-order valence-electron chi connectivity index (χ4n) is 1.52. The van der Waals surface area contributed by atoms with E-state index in [1.807, 2.05) is 0 Å². The number of aromatic amines is 1. The second-order valence-electron chi connectivity index (χ2n) is 3.90. The number of hydrogen-bond acceptors (Lipinski definition) is 6. The minimum atomic E-state index is -4.11. The number of hydrogen-bond donors (Lipinski definition) is 4. The van der Waals surface area contributed by atoms with Crippen LogP contribution >= 0.6 is 18.9 Å². The number of H-pyrrole nitrogens is 1. The number of nitrogens with two attached hydrogens (primary N) is 1. The zero-order valence-corrected chi connectivity index (χ0v) is 11.7. The highest BCUT2D eigenvalue weighted by atomic mass is 32.1. The molecule has 0 saturated heterocycles. The molecule has 0 unspecified atom stereocenters. The lowest BCUT2D eigenvalue weighted by Crippen LogP contribution is -2.14. The Bertz CT molecular complexity index is 829. The van der Waals surface area contributed by atoms with Gasteiger partial charge < -0.3 is 15.5 Å². The van der Waals surface area contributed by atoms with Crippen molar-refractivity contribution >= 4 is 35.2 Å². The zero-order chi connectivity index (χ0) is 14.9. The third kappa shape index (κ3) is 3.23. The van der Waals surface area contributed by atoms with E-state index in [-0.39, 0.29) is 22.8 Å². The van der Waals surface area contributed by atoms with Crippen molar-refractivity contribution in [2.45, 2.75) is 6.54 Å². The summed E-state index contributed by atoms with van der Waals surface area (Å²) in [5.41, 5.74) is 5.08. The van der Waals surface area contributed by atoms with E-state index in [0.29, 0.717) is 0 Å². The lowest BCUT2D eigenvalue weighted by Gasteiger charge is -2.00. The highest BCUT2D eigenvalue weighted by Gasteiger charge is 2.12. The van der Waals surface area contributed by atoms with Crippen LogP contribution in [0.25, 0.3) is 10.3 Å². The predicted octanol–water partition coefficient (Wildman–Crippen LogP) is -0.538. The van der Waals surface area contributed by atoms with Gasteiger partial charge in [0.25, 0.3) is 5.56 Å². The molecule has 2 aromatic rings. The van der Waals surface area contributed by atoms with Crippen LogP contribution in [0.3, 0.4) is 0 Å².